The molecule has 0 aromatic heterocycles. The molecule has 4 nitrogen and oxygen atoms in total. The first-order valence-corrected chi connectivity index (χ1v) is 7.36. The van der Waals surface area contributed by atoms with Gasteiger partial charge in [0.25, 0.3) is 0 Å². The van der Waals surface area contributed by atoms with Gasteiger partial charge in [-0.25, -0.2) is 0 Å². The molecule has 0 heterocycles. The smallest absolute Gasteiger partial charge is 0.224 e. The predicted octanol–water partition coefficient (Wildman–Crippen LogP) is 4.37. The summed E-state index contributed by atoms with van der Waals surface area (Å²) in [5.74, 6) is 0.0648. The van der Waals surface area contributed by atoms with E-state index in [1.807, 2.05) is 49.4 Å². The summed E-state index contributed by atoms with van der Waals surface area (Å²) >= 11 is 0. The van der Waals surface area contributed by atoms with Crippen molar-refractivity contribution < 1.29 is 9.59 Å². The van der Waals surface area contributed by atoms with Gasteiger partial charge in [-0.2, -0.15) is 0 Å². The van der Waals surface area contributed by atoms with Gasteiger partial charge in [0.2, 0.25) is 5.91 Å². The molecule has 0 saturated carbocycles. The Hall–Kier alpha value is -2.62. The van der Waals surface area contributed by atoms with E-state index in [0.29, 0.717) is 12.0 Å². The monoisotopic (exact) mass is 296 g/mol. The van der Waals surface area contributed by atoms with E-state index in [9.17, 15) is 9.59 Å². The maximum Gasteiger partial charge on any atom is 0.224 e. The van der Waals surface area contributed by atoms with E-state index in [1.165, 1.54) is 0 Å². The van der Waals surface area contributed by atoms with Gasteiger partial charge < -0.3 is 10.6 Å². The molecule has 0 aliphatic rings. The summed E-state index contributed by atoms with van der Waals surface area (Å²) < 4.78 is 0. The Balaban J connectivity index is 2.03. The first kappa shape index (κ1) is 15.8. The van der Waals surface area contributed by atoms with Gasteiger partial charge in [-0.3, -0.25) is 9.59 Å². The highest BCUT2D eigenvalue weighted by Gasteiger charge is 2.02. The van der Waals surface area contributed by atoms with E-state index in [1.54, 1.807) is 13.0 Å². The normalized spacial score (nSPS) is 10.1. The van der Waals surface area contributed by atoms with Gasteiger partial charge in [0.05, 0.1) is 0 Å². The molecule has 0 radical (unpaired) electrons. The number of rotatable bonds is 6. The van der Waals surface area contributed by atoms with Crippen LogP contribution in [0.2, 0.25) is 0 Å². The number of nitrogens with one attached hydrogen (secondary N) is 2. The lowest BCUT2D eigenvalue weighted by molar-refractivity contribution is -0.116. The Morgan fingerprint density at radius 1 is 0.955 bits per heavy atom. The molecule has 22 heavy (non-hydrogen) atoms. The van der Waals surface area contributed by atoms with Crippen molar-refractivity contribution in [3.05, 3.63) is 54.1 Å². The number of ketones is 1. The Kier molecular flexibility index (Phi) is 5.31. The lowest BCUT2D eigenvalue weighted by Crippen LogP contribution is -2.10. The Labute approximate surface area is 130 Å². The Bertz CT molecular complexity index is 663. The predicted molar refractivity (Wildman–Crippen MR) is 89.7 cm³/mol. The lowest BCUT2D eigenvalue weighted by atomic mass is 10.1. The van der Waals surface area contributed by atoms with E-state index in [2.05, 4.69) is 10.6 Å². The summed E-state index contributed by atoms with van der Waals surface area (Å²) in [7, 11) is 0. The van der Waals surface area contributed by atoms with Gasteiger partial charge in [0, 0.05) is 29.0 Å². The second-order valence-corrected chi connectivity index (χ2v) is 5.14. The summed E-state index contributed by atoms with van der Waals surface area (Å²) in [6.07, 6.45) is 1.36. The molecular weight excluding hydrogens is 276 g/mol. The van der Waals surface area contributed by atoms with Gasteiger partial charge in [-0.05, 0) is 49.7 Å². The third-order valence-corrected chi connectivity index (χ3v) is 3.20. The van der Waals surface area contributed by atoms with Crippen molar-refractivity contribution in [2.45, 2.75) is 26.7 Å². The van der Waals surface area contributed by atoms with Crippen LogP contribution in [0, 0.1) is 0 Å². The fraction of sp³-hybridized carbons (Fsp3) is 0.222. The average Bonchev–Trinajstić information content (AvgIpc) is 2.50. The van der Waals surface area contributed by atoms with Crippen molar-refractivity contribution in [3.8, 4) is 0 Å². The summed E-state index contributed by atoms with van der Waals surface area (Å²) in [6.45, 7) is 3.52. The van der Waals surface area contributed by atoms with E-state index < -0.39 is 0 Å². The molecule has 2 aromatic rings. The minimum absolute atomic E-state index is 0.0253. The third-order valence-electron chi connectivity index (χ3n) is 3.20. The molecule has 2 N–H and O–H groups in total. The quantitative estimate of drug-likeness (QED) is 0.778. The van der Waals surface area contributed by atoms with Gasteiger partial charge in [0.15, 0.2) is 5.78 Å². The number of carbonyl (C=O) groups is 2. The topological polar surface area (TPSA) is 58.2 Å². The highest BCUT2D eigenvalue weighted by atomic mass is 16.1. The number of anilines is 3. The van der Waals surface area contributed by atoms with Crippen molar-refractivity contribution >= 4 is 28.8 Å². The molecule has 0 atom stereocenters. The van der Waals surface area contributed by atoms with Crippen LogP contribution in [0.1, 0.15) is 37.0 Å². The maximum absolute atomic E-state index is 11.5. The molecule has 2 rings (SSSR count). The number of hydrogen-bond acceptors (Lipinski definition) is 3. The zero-order chi connectivity index (χ0) is 15.9. The molecule has 0 aliphatic heterocycles. The number of benzene rings is 2. The van der Waals surface area contributed by atoms with Gasteiger partial charge in [-0.1, -0.05) is 19.1 Å². The number of Topliss-reactive ketones (excluding diaryl/α,β-unsaturated/α-hetero) is 1. The highest BCUT2D eigenvalue weighted by Crippen LogP contribution is 2.20. The zero-order valence-corrected chi connectivity index (χ0v) is 12.8. The molecule has 2 aromatic carbocycles. The van der Waals surface area contributed by atoms with Crippen molar-refractivity contribution in [2.24, 2.45) is 0 Å². The minimum Gasteiger partial charge on any atom is -0.356 e. The van der Waals surface area contributed by atoms with E-state index in [4.69, 9.17) is 0 Å². The average molecular weight is 296 g/mol. The molecule has 0 bridgehead atoms. The van der Waals surface area contributed by atoms with E-state index in [-0.39, 0.29) is 11.7 Å². The van der Waals surface area contributed by atoms with Crippen LogP contribution in [-0.4, -0.2) is 11.7 Å². The van der Waals surface area contributed by atoms with Crippen LogP contribution in [0.5, 0.6) is 0 Å². The summed E-state index contributed by atoms with van der Waals surface area (Å²) in [5, 5.41) is 6.09. The van der Waals surface area contributed by atoms with Crippen LogP contribution in [-0.2, 0) is 4.79 Å². The van der Waals surface area contributed by atoms with Gasteiger partial charge in [0.1, 0.15) is 0 Å². The van der Waals surface area contributed by atoms with Gasteiger partial charge in [-0.15, -0.1) is 0 Å². The first-order chi connectivity index (χ1) is 10.6. The van der Waals surface area contributed by atoms with Crippen LogP contribution >= 0.6 is 0 Å². The van der Waals surface area contributed by atoms with Crippen LogP contribution in [0.15, 0.2) is 48.5 Å². The maximum atomic E-state index is 11.5. The SMILES string of the molecule is CCCC(=O)Nc1ccc(Nc2cccc(C(C)=O)c2)cc1. The number of carbonyl (C=O) groups excluding carboxylic acids is 2. The summed E-state index contributed by atoms with van der Waals surface area (Å²) in [5.41, 5.74) is 3.21. The van der Waals surface area contributed by atoms with Crippen LogP contribution in [0.4, 0.5) is 17.1 Å². The van der Waals surface area contributed by atoms with Gasteiger partial charge >= 0.3 is 0 Å². The highest BCUT2D eigenvalue weighted by molar-refractivity contribution is 5.95. The number of hydrogen-bond donors (Lipinski definition) is 2. The second-order valence-electron chi connectivity index (χ2n) is 5.14. The fourth-order valence-corrected chi connectivity index (χ4v) is 2.07. The largest absolute Gasteiger partial charge is 0.356 e. The van der Waals surface area contributed by atoms with E-state index >= 15 is 0 Å². The molecule has 114 valence electrons. The zero-order valence-electron chi connectivity index (χ0n) is 12.8. The van der Waals surface area contributed by atoms with Crippen LogP contribution < -0.4 is 10.6 Å². The summed E-state index contributed by atoms with van der Waals surface area (Å²) in [4.78, 5) is 22.9. The lowest BCUT2D eigenvalue weighted by Gasteiger charge is -2.09. The van der Waals surface area contributed by atoms with Crippen molar-refractivity contribution in [3.63, 3.8) is 0 Å². The minimum atomic E-state index is 0.0253. The third kappa shape index (κ3) is 4.45. The molecule has 1 amide bonds. The van der Waals surface area contributed by atoms with Crippen LogP contribution in [0.25, 0.3) is 0 Å². The number of amides is 1. The molecule has 0 fully saturated rings. The fourth-order valence-electron chi connectivity index (χ4n) is 2.07. The Morgan fingerprint density at radius 3 is 2.27 bits per heavy atom. The second kappa shape index (κ2) is 7.41. The first-order valence-electron chi connectivity index (χ1n) is 7.36. The van der Waals surface area contributed by atoms with Crippen LogP contribution in [0.3, 0.4) is 0 Å². The van der Waals surface area contributed by atoms with Crippen molar-refractivity contribution in [1.82, 2.24) is 0 Å². The molecule has 0 aliphatic carbocycles. The molecule has 0 unspecified atom stereocenters. The van der Waals surface area contributed by atoms with E-state index in [0.717, 1.165) is 23.5 Å². The Morgan fingerprint density at radius 2 is 1.64 bits per heavy atom. The molecular formula is C18H20N2O2. The molecule has 4 heteroatoms. The van der Waals surface area contributed by atoms with Crippen molar-refractivity contribution in [2.75, 3.05) is 10.6 Å². The molecule has 0 spiro atoms. The standard InChI is InChI=1S/C18H20N2O2/c1-3-5-18(22)20-16-10-8-15(9-11-16)19-17-7-4-6-14(12-17)13(2)21/h4,6-12,19H,3,5H2,1-2H3,(H,20,22). The summed E-state index contributed by atoms with van der Waals surface area (Å²) in [6, 6.07) is 14.8. The van der Waals surface area contributed by atoms with Crippen molar-refractivity contribution in [1.29, 1.82) is 0 Å². The molecule has 0 saturated heterocycles.